The monoisotopic (exact) mass is 228 g/mol. The van der Waals surface area contributed by atoms with E-state index in [-0.39, 0.29) is 6.04 Å². The van der Waals surface area contributed by atoms with Crippen LogP contribution >= 0.6 is 11.8 Å². The summed E-state index contributed by atoms with van der Waals surface area (Å²) in [5.74, 6) is 2.71. The quantitative estimate of drug-likeness (QED) is 0.729. The smallest absolute Gasteiger partial charge is 0.239 e. The van der Waals surface area contributed by atoms with Crippen molar-refractivity contribution in [1.29, 1.82) is 0 Å². The first-order valence-corrected chi connectivity index (χ1v) is 7.06. The van der Waals surface area contributed by atoms with Crippen molar-refractivity contribution in [3.05, 3.63) is 0 Å². The van der Waals surface area contributed by atoms with Crippen molar-refractivity contribution in [1.82, 2.24) is 10.2 Å². The molecule has 0 bridgehead atoms. The highest BCUT2D eigenvalue weighted by Crippen LogP contribution is 2.23. The Hall–Kier alpha value is -0.220. The first-order chi connectivity index (χ1) is 7.29. The molecule has 0 spiro atoms. The number of hydrogen-bond donors (Lipinski definition) is 1. The fourth-order valence-electron chi connectivity index (χ4n) is 2.35. The Morgan fingerprint density at radius 3 is 3.07 bits per heavy atom. The number of thioether (sulfide) groups is 1. The number of carbonyl (C=O) groups is 1. The van der Waals surface area contributed by atoms with Crippen LogP contribution in [0.4, 0.5) is 0 Å². The molecule has 86 valence electrons. The molecule has 3 nitrogen and oxygen atoms in total. The largest absolute Gasteiger partial charge is 0.337 e. The molecule has 2 aliphatic rings. The van der Waals surface area contributed by atoms with E-state index in [2.05, 4.69) is 10.2 Å². The van der Waals surface area contributed by atoms with Crippen LogP contribution in [0.15, 0.2) is 0 Å². The summed E-state index contributed by atoms with van der Waals surface area (Å²) >= 11 is 1.99. The van der Waals surface area contributed by atoms with E-state index >= 15 is 0 Å². The first-order valence-electron chi connectivity index (χ1n) is 5.90. The summed E-state index contributed by atoms with van der Waals surface area (Å²) in [6, 6.07) is 0.512. The Morgan fingerprint density at radius 2 is 2.33 bits per heavy atom. The molecular formula is C11H20N2OS. The lowest BCUT2D eigenvalue weighted by molar-refractivity contribution is -0.134. The Bertz CT molecular complexity index is 229. The van der Waals surface area contributed by atoms with Crippen molar-refractivity contribution in [2.24, 2.45) is 0 Å². The van der Waals surface area contributed by atoms with Crippen molar-refractivity contribution in [3.8, 4) is 0 Å². The van der Waals surface area contributed by atoms with E-state index in [0.717, 1.165) is 25.3 Å². The molecule has 0 aliphatic carbocycles. The van der Waals surface area contributed by atoms with Crippen LogP contribution < -0.4 is 5.32 Å². The van der Waals surface area contributed by atoms with Crippen molar-refractivity contribution in [2.75, 3.05) is 24.6 Å². The summed E-state index contributed by atoms with van der Waals surface area (Å²) in [7, 11) is 0. The fourth-order valence-corrected chi connectivity index (χ4v) is 3.50. The average Bonchev–Trinajstić information content (AvgIpc) is 2.44. The van der Waals surface area contributed by atoms with Crippen LogP contribution in [0.5, 0.6) is 0 Å². The number of carbonyl (C=O) groups excluding carboxylic acids is 1. The van der Waals surface area contributed by atoms with Gasteiger partial charge in [0.05, 0.1) is 6.04 Å². The Labute approximate surface area is 96.0 Å². The SMILES string of the molecule is CC1NCCCN(C2CCCSC2)C1=O. The highest BCUT2D eigenvalue weighted by molar-refractivity contribution is 7.99. The predicted molar refractivity (Wildman–Crippen MR) is 64.1 cm³/mol. The summed E-state index contributed by atoms with van der Waals surface area (Å²) < 4.78 is 0. The molecule has 1 N–H and O–H groups in total. The van der Waals surface area contributed by atoms with Gasteiger partial charge < -0.3 is 10.2 Å². The standard InChI is InChI=1S/C11H20N2OS/c1-9-11(14)13(6-3-5-12-9)10-4-2-7-15-8-10/h9-10,12H,2-8H2,1H3. The molecule has 2 heterocycles. The topological polar surface area (TPSA) is 32.3 Å². The molecule has 2 rings (SSSR count). The van der Waals surface area contributed by atoms with E-state index in [1.54, 1.807) is 0 Å². The van der Waals surface area contributed by atoms with Gasteiger partial charge in [0.15, 0.2) is 0 Å². The molecule has 0 aromatic heterocycles. The van der Waals surface area contributed by atoms with E-state index in [1.807, 2.05) is 18.7 Å². The van der Waals surface area contributed by atoms with E-state index in [4.69, 9.17) is 0 Å². The molecule has 2 fully saturated rings. The Kier molecular flexibility index (Phi) is 3.92. The maximum atomic E-state index is 12.1. The molecule has 2 unspecified atom stereocenters. The number of nitrogens with one attached hydrogen (secondary N) is 1. The second-order valence-electron chi connectivity index (χ2n) is 4.43. The van der Waals surface area contributed by atoms with Gasteiger partial charge in [-0.05, 0) is 38.5 Å². The zero-order chi connectivity index (χ0) is 10.7. The summed E-state index contributed by atoms with van der Waals surface area (Å²) in [5, 5.41) is 3.27. The molecule has 0 saturated carbocycles. The molecule has 2 saturated heterocycles. The van der Waals surface area contributed by atoms with Crippen molar-refractivity contribution in [3.63, 3.8) is 0 Å². The molecule has 0 aromatic rings. The van der Waals surface area contributed by atoms with Gasteiger partial charge in [-0.1, -0.05) is 0 Å². The number of amides is 1. The van der Waals surface area contributed by atoms with Crippen LogP contribution in [-0.2, 0) is 4.79 Å². The van der Waals surface area contributed by atoms with Gasteiger partial charge in [-0.15, -0.1) is 0 Å². The lowest BCUT2D eigenvalue weighted by Gasteiger charge is -2.34. The van der Waals surface area contributed by atoms with E-state index in [1.165, 1.54) is 18.6 Å². The van der Waals surface area contributed by atoms with Crippen LogP contribution in [0.1, 0.15) is 26.2 Å². The van der Waals surface area contributed by atoms with Gasteiger partial charge in [0.2, 0.25) is 5.91 Å². The molecule has 2 atom stereocenters. The third-order valence-corrected chi connectivity index (χ3v) is 4.45. The van der Waals surface area contributed by atoms with Gasteiger partial charge in [0, 0.05) is 18.3 Å². The minimum absolute atomic E-state index is 0.0134. The molecule has 1 amide bonds. The molecule has 0 radical (unpaired) electrons. The highest BCUT2D eigenvalue weighted by atomic mass is 32.2. The van der Waals surface area contributed by atoms with Crippen molar-refractivity contribution < 1.29 is 4.79 Å². The van der Waals surface area contributed by atoms with Crippen LogP contribution in [0, 0.1) is 0 Å². The minimum Gasteiger partial charge on any atom is -0.337 e. The summed E-state index contributed by atoms with van der Waals surface area (Å²) in [5.41, 5.74) is 0. The maximum absolute atomic E-state index is 12.1. The van der Waals surface area contributed by atoms with Crippen LogP contribution in [0.3, 0.4) is 0 Å². The van der Waals surface area contributed by atoms with Crippen LogP contribution in [0.2, 0.25) is 0 Å². The molecule has 4 heteroatoms. The van der Waals surface area contributed by atoms with Gasteiger partial charge in [-0.25, -0.2) is 0 Å². The summed E-state index contributed by atoms with van der Waals surface area (Å²) in [4.78, 5) is 14.2. The maximum Gasteiger partial charge on any atom is 0.239 e. The van der Waals surface area contributed by atoms with Gasteiger partial charge in [-0.3, -0.25) is 4.79 Å². The molecule has 0 aromatic carbocycles. The Balaban J connectivity index is 2.00. The van der Waals surface area contributed by atoms with Crippen molar-refractivity contribution >= 4 is 17.7 Å². The van der Waals surface area contributed by atoms with Gasteiger partial charge >= 0.3 is 0 Å². The predicted octanol–water partition coefficient (Wildman–Crippen LogP) is 1.09. The summed E-state index contributed by atoms with van der Waals surface area (Å²) in [6.45, 7) is 3.90. The van der Waals surface area contributed by atoms with Gasteiger partial charge in [0.1, 0.15) is 0 Å². The third kappa shape index (κ3) is 2.67. The Morgan fingerprint density at radius 1 is 1.47 bits per heavy atom. The zero-order valence-electron chi connectivity index (χ0n) is 9.37. The number of hydrogen-bond acceptors (Lipinski definition) is 3. The minimum atomic E-state index is 0.0134. The van der Waals surface area contributed by atoms with E-state index < -0.39 is 0 Å². The zero-order valence-corrected chi connectivity index (χ0v) is 10.2. The average molecular weight is 228 g/mol. The lowest BCUT2D eigenvalue weighted by atomic mass is 10.1. The molecule has 2 aliphatic heterocycles. The van der Waals surface area contributed by atoms with E-state index in [0.29, 0.717) is 11.9 Å². The first kappa shape index (κ1) is 11.3. The van der Waals surface area contributed by atoms with E-state index in [9.17, 15) is 4.79 Å². The fraction of sp³-hybridized carbons (Fsp3) is 0.909. The van der Waals surface area contributed by atoms with Crippen molar-refractivity contribution in [2.45, 2.75) is 38.3 Å². The normalized spacial score (nSPS) is 33.9. The second-order valence-corrected chi connectivity index (χ2v) is 5.58. The second kappa shape index (κ2) is 5.21. The van der Waals surface area contributed by atoms with Gasteiger partial charge in [0.25, 0.3) is 0 Å². The number of rotatable bonds is 1. The third-order valence-electron chi connectivity index (χ3n) is 3.26. The number of nitrogens with zero attached hydrogens (tertiary/aromatic N) is 1. The lowest BCUT2D eigenvalue weighted by Crippen LogP contribution is -2.48. The van der Waals surface area contributed by atoms with Gasteiger partial charge in [-0.2, -0.15) is 11.8 Å². The van der Waals surface area contributed by atoms with Crippen LogP contribution in [0.25, 0.3) is 0 Å². The summed E-state index contributed by atoms with van der Waals surface area (Å²) in [6.07, 6.45) is 3.56. The molecule has 15 heavy (non-hydrogen) atoms. The van der Waals surface area contributed by atoms with Crippen LogP contribution in [-0.4, -0.2) is 47.5 Å². The highest BCUT2D eigenvalue weighted by Gasteiger charge is 2.29. The molecular weight excluding hydrogens is 208 g/mol.